The first-order valence-corrected chi connectivity index (χ1v) is 9.90. The largest absolute Gasteiger partial charge is 0.491 e. The monoisotopic (exact) mass is 423 g/mol. The van der Waals surface area contributed by atoms with E-state index >= 15 is 0 Å². The second-order valence-electron chi connectivity index (χ2n) is 7.92. The molecule has 2 N–H and O–H groups in total. The van der Waals surface area contributed by atoms with Crippen molar-refractivity contribution in [3.05, 3.63) is 12.1 Å². The number of hydrazine groups is 1. The Hall–Kier alpha value is -2.79. The van der Waals surface area contributed by atoms with E-state index in [4.69, 9.17) is 24.8 Å². The third-order valence-electron chi connectivity index (χ3n) is 4.42. The fourth-order valence-corrected chi connectivity index (χ4v) is 2.95. The Morgan fingerprint density at radius 2 is 1.97 bits per heavy atom. The van der Waals surface area contributed by atoms with E-state index in [-0.39, 0.29) is 18.5 Å². The van der Waals surface area contributed by atoms with Crippen LogP contribution in [0.2, 0.25) is 0 Å². The second kappa shape index (κ2) is 9.35. The lowest BCUT2D eigenvalue weighted by atomic mass is 10.2. The van der Waals surface area contributed by atoms with Crippen LogP contribution in [0.5, 0.6) is 5.75 Å². The van der Waals surface area contributed by atoms with Crippen LogP contribution in [0.3, 0.4) is 0 Å². The quantitative estimate of drug-likeness (QED) is 0.411. The fraction of sp³-hybridized carbons (Fsp3) is 0.632. The van der Waals surface area contributed by atoms with Crippen molar-refractivity contribution in [2.75, 3.05) is 62.5 Å². The van der Waals surface area contributed by atoms with Gasteiger partial charge in [0, 0.05) is 25.2 Å². The van der Waals surface area contributed by atoms with E-state index in [9.17, 15) is 9.59 Å². The number of cyclic esters (lactones) is 1. The molecule has 1 aromatic rings. The van der Waals surface area contributed by atoms with Crippen molar-refractivity contribution in [1.29, 1.82) is 0 Å². The summed E-state index contributed by atoms with van der Waals surface area (Å²) >= 11 is 0. The van der Waals surface area contributed by atoms with Crippen LogP contribution in [0.4, 0.5) is 21.2 Å². The molecule has 2 amide bonds. The van der Waals surface area contributed by atoms with Gasteiger partial charge in [-0.25, -0.2) is 20.4 Å². The number of anilines is 2. The average Bonchev–Trinajstić information content (AvgIpc) is 3.11. The predicted octanol–water partition coefficient (Wildman–Crippen LogP) is 1.36. The van der Waals surface area contributed by atoms with Crippen molar-refractivity contribution in [2.24, 2.45) is 5.84 Å². The van der Waals surface area contributed by atoms with Crippen LogP contribution in [0.1, 0.15) is 20.8 Å². The Morgan fingerprint density at radius 1 is 1.23 bits per heavy atom. The Kier molecular flexibility index (Phi) is 6.83. The van der Waals surface area contributed by atoms with Crippen LogP contribution >= 0.6 is 0 Å². The van der Waals surface area contributed by atoms with Crippen LogP contribution in [0.15, 0.2) is 12.1 Å². The van der Waals surface area contributed by atoms with Crippen LogP contribution < -0.4 is 20.5 Å². The van der Waals surface area contributed by atoms with E-state index in [1.807, 2.05) is 4.90 Å². The molecule has 0 aliphatic carbocycles. The number of carbonyl (C=O) groups excluding carboxylic acids is 2. The molecule has 11 nitrogen and oxygen atoms in total. The third-order valence-corrected chi connectivity index (χ3v) is 4.42. The first-order valence-electron chi connectivity index (χ1n) is 9.90. The summed E-state index contributed by atoms with van der Waals surface area (Å²) in [6, 6.07) is 3.34. The molecule has 2 saturated heterocycles. The second-order valence-corrected chi connectivity index (χ2v) is 7.92. The molecule has 11 heteroatoms. The first-order chi connectivity index (χ1) is 14.2. The molecule has 166 valence electrons. The van der Waals surface area contributed by atoms with Gasteiger partial charge in [0.15, 0.2) is 5.82 Å². The van der Waals surface area contributed by atoms with Gasteiger partial charge in [0.25, 0.3) is 0 Å². The zero-order valence-corrected chi connectivity index (χ0v) is 17.6. The predicted molar refractivity (Wildman–Crippen MR) is 109 cm³/mol. The smallest absolute Gasteiger partial charge is 0.430 e. The van der Waals surface area contributed by atoms with E-state index in [2.05, 4.69) is 4.98 Å². The molecular weight excluding hydrogens is 394 g/mol. The van der Waals surface area contributed by atoms with E-state index in [0.717, 1.165) is 5.01 Å². The molecule has 3 rings (SSSR count). The summed E-state index contributed by atoms with van der Waals surface area (Å²) in [4.78, 5) is 32.1. The molecule has 0 saturated carbocycles. The Labute approximate surface area is 175 Å². The SMILES string of the molecule is CC(C)(C)OC(=O)N(N)c1cc(OCCN2CCOC2=O)cc(N2CCOCC2)n1. The van der Waals surface area contributed by atoms with Gasteiger partial charge in [-0.05, 0) is 20.8 Å². The third kappa shape index (κ3) is 5.86. The molecule has 0 atom stereocenters. The summed E-state index contributed by atoms with van der Waals surface area (Å²) in [6.45, 7) is 9.33. The van der Waals surface area contributed by atoms with Crippen molar-refractivity contribution >= 4 is 23.8 Å². The topological polar surface area (TPSA) is 120 Å². The average molecular weight is 423 g/mol. The van der Waals surface area contributed by atoms with Gasteiger partial charge in [0.1, 0.15) is 30.4 Å². The standard InChI is InChI=1S/C19H29N5O6/c1-19(2,3)30-18(26)24(20)16-13-14(28-10-6-23-7-11-29-17(23)25)12-15(21-16)22-4-8-27-9-5-22/h12-13H,4-11,20H2,1-3H3. The van der Waals surface area contributed by atoms with Crippen molar-refractivity contribution in [1.82, 2.24) is 9.88 Å². The van der Waals surface area contributed by atoms with Crippen LogP contribution in [0.25, 0.3) is 0 Å². The summed E-state index contributed by atoms with van der Waals surface area (Å²) in [5.74, 6) is 7.28. The number of morpholine rings is 1. The highest BCUT2D eigenvalue weighted by atomic mass is 16.6. The lowest BCUT2D eigenvalue weighted by Crippen LogP contribution is -2.42. The summed E-state index contributed by atoms with van der Waals surface area (Å²) in [5, 5.41) is 0.861. The zero-order valence-electron chi connectivity index (χ0n) is 17.6. The number of nitrogens with zero attached hydrogens (tertiary/aromatic N) is 4. The van der Waals surface area contributed by atoms with Crippen molar-refractivity contribution in [3.63, 3.8) is 0 Å². The highest BCUT2D eigenvalue weighted by Crippen LogP contribution is 2.26. The molecule has 1 aromatic heterocycles. The van der Waals surface area contributed by atoms with E-state index in [1.54, 1.807) is 37.8 Å². The number of nitrogens with two attached hydrogens (primary N) is 1. The molecule has 0 aromatic carbocycles. The Bertz CT molecular complexity index is 762. The zero-order chi connectivity index (χ0) is 21.7. The number of hydrogen-bond acceptors (Lipinski definition) is 9. The summed E-state index contributed by atoms with van der Waals surface area (Å²) in [7, 11) is 0. The van der Waals surface area contributed by atoms with Crippen molar-refractivity contribution in [2.45, 2.75) is 26.4 Å². The van der Waals surface area contributed by atoms with Crippen LogP contribution in [0, 0.1) is 0 Å². The van der Waals surface area contributed by atoms with Crippen molar-refractivity contribution < 1.29 is 28.5 Å². The highest BCUT2D eigenvalue weighted by Gasteiger charge is 2.25. The lowest BCUT2D eigenvalue weighted by molar-refractivity contribution is 0.0578. The summed E-state index contributed by atoms with van der Waals surface area (Å²) in [6.07, 6.45) is -1.07. The normalized spacial score (nSPS) is 17.0. The number of pyridine rings is 1. The molecular formula is C19H29N5O6. The number of amides is 2. The molecule has 0 unspecified atom stereocenters. The minimum atomic E-state index is -0.722. The number of hydrogen-bond donors (Lipinski definition) is 1. The number of rotatable bonds is 6. The minimum Gasteiger partial charge on any atom is -0.491 e. The Morgan fingerprint density at radius 3 is 2.60 bits per heavy atom. The highest BCUT2D eigenvalue weighted by molar-refractivity contribution is 5.85. The maximum Gasteiger partial charge on any atom is 0.430 e. The summed E-state index contributed by atoms with van der Waals surface area (Å²) in [5.41, 5.74) is -0.694. The molecule has 30 heavy (non-hydrogen) atoms. The van der Waals surface area contributed by atoms with Gasteiger partial charge in [0.2, 0.25) is 0 Å². The Balaban J connectivity index is 1.75. The maximum absolute atomic E-state index is 12.4. The maximum atomic E-state index is 12.4. The molecule has 2 fully saturated rings. The van der Waals surface area contributed by atoms with Gasteiger partial charge in [0.05, 0.1) is 26.3 Å². The molecule has 3 heterocycles. The molecule has 2 aliphatic rings. The van der Waals surface area contributed by atoms with E-state index in [0.29, 0.717) is 57.6 Å². The van der Waals surface area contributed by atoms with Crippen LogP contribution in [-0.2, 0) is 14.2 Å². The number of ether oxygens (including phenoxy) is 4. The fourth-order valence-electron chi connectivity index (χ4n) is 2.95. The van der Waals surface area contributed by atoms with Gasteiger partial charge in [-0.2, -0.15) is 5.01 Å². The van der Waals surface area contributed by atoms with Gasteiger partial charge in [-0.3, -0.25) is 0 Å². The van der Waals surface area contributed by atoms with Crippen LogP contribution in [-0.4, -0.2) is 80.3 Å². The van der Waals surface area contributed by atoms with Gasteiger partial charge in [-0.15, -0.1) is 0 Å². The van der Waals surface area contributed by atoms with E-state index < -0.39 is 11.7 Å². The number of carbonyl (C=O) groups is 2. The molecule has 0 radical (unpaired) electrons. The molecule has 2 aliphatic heterocycles. The van der Waals surface area contributed by atoms with E-state index in [1.165, 1.54) is 0 Å². The molecule has 0 bridgehead atoms. The number of aromatic nitrogens is 1. The van der Waals surface area contributed by atoms with Crippen molar-refractivity contribution in [3.8, 4) is 5.75 Å². The summed E-state index contributed by atoms with van der Waals surface area (Å²) < 4.78 is 21.5. The lowest BCUT2D eigenvalue weighted by Gasteiger charge is -2.29. The van der Waals surface area contributed by atoms with Gasteiger partial charge in [-0.1, -0.05) is 0 Å². The van der Waals surface area contributed by atoms with Gasteiger partial charge < -0.3 is 28.7 Å². The molecule has 0 spiro atoms. The van der Waals surface area contributed by atoms with Gasteiger partial charge >= 0.3 is 12.2 Å². The first kappa shape index (κ1) is 21.9. The minimum absolute atomic E-state index is 0.198.